The van der Waals surface area contributed by atoms with Crippen LogP contribution in [0, 0.1) is 6.92 Å². The molecule has 1 aromatic carbocycles. The number of methoxy groups -OCH3 is 1. The fraction of sp³-hybridized carbons (Fsp3) is 0.524. The standard InChI is InChI=1S/C21H31N5OS/c1-16-20(28-15-25-16)14-24-21(22-2)23-13-19(26-11-5-4-6-12-26)17-7-9-18(27-3)10-8-17/h7-10,15,19H,4-6,11-14H2,1-3H3,(H2,22,23,24). The van der Waals surface area contributed by atoms with Crippen molar-refractivity contribution in [1.29, 1.82) is 0 Å². The molecule has 0 radical (unpaired) electrons. The average molecular weight is 402 g/mol. The first kappa shape index (κ1) is 20.6. The van der Waals surface area contributed by atoms with Gasteiger partial charge >= 0.3 is 0 Å². The van der Waals surface area contributed by atoms with Crippen molar-refractivity contribution >= 4 is 17.3 Å². The second-order valence-electron chi connectivity index (χ2n) is 7.05. The number of nitrogens with zero attached hydrogens (tertiary/aromatic N) is 3. The Morgan fingerprint density at radius 3 is 2.57 bits per heavy atom. The summed E-state index contributed by atoms with van der Waals surface area (Å²) in [6, 6.07) is 8.76. The van der Waals surface area contributed by atoms with E-state index >= 15 is 0 Å². The van der Waals surface area contributed by atoms with Crippen LogP contribution in [-0.4, -0.2) is 49.6 Å². The maximum Gasteiger partial charge on any atom is 0.191 e. The zero-order valence-corrected chi connectivity index (χ0v) is 17.9. The van der Waals surface area contributed by atoms with Gasteiger partial charge in [-0.25, -0.2) is 4.98 Å². The Labute approximate surface area is 172 Å². The minimum absolute atomic E-state index is 0.315. The van der Waals surface area contributed by atoms with Crippen LogP contribution in [0.1, 0.15) is 41.4 Å². The van der Waals surface area contributed by atoms with Crippen LogP contribution >= 0.6 is 11.3 Å². The first-order chi connectivity index (χ1) is 13.7. The maximum atomic E-state index is 5.32. The summed E-state index contributed by atoms with van der Waals surface area (Å²) < 4.78 is 5.32. The number of thiazole rings is 1. The highest BCUT2D eigenvalue weighted by atomic mass is 32.1. The molecule has 0 saturated carbocycles. The largest absolute Gasteiger partial charge is 0.497 e. The number of aliphatic imine (C=N–C) groups is 1. The minimum atomic E-state index is 0.315. The number of rotatable bonds is 7. The average Bonchev–Trinajstić information content (AvgIpc) is 3.16. The first-order valence-corrected chi connectivity index (χ1v) is 10.8. The number of likely N-dealkylation sites (tertiary alicyclic amines) is 1. The zero-order chi connectivity index (χ0) is 19.8. The number of nitrogens with one attached hydrogen (secondary N) is 2. The van der Waals surface area contributed by atoms with Crippen LogP contribution in [0.4, 0.5) is 0 Å². The summed E-state index contributed by atoms with van der Waals surface area (Å²) in [5.74, 6) is 1.72. The van der Waals surface area contributed by atoms with Crippen molar-refractivity contribution in [2.24, 2.45) is 4.99 Å². The lowest BCUT2D eigenvalue weighted by Gasteiger charge is -2.35. The molecule has 0 bridgehead atoms. The third-order valence-electron chi connectivity index (χ3n) is 5.28. The van der Waals surface area contributed by atoms with Crippen molar-refractivity contribution in [3.8, 4) is 5.75 Å². The summed E-state index contributed by atoms with van der Waals surface area (Å²) >= 11 is 1.67. The van der Waals surface area contributed by atoms with Gasteiger partial charge in [-0.15, -0.1) is 11.3 Å². The van der Waals surface area contributed by atoms with Crippen LogP contribution in [0.3, 0.4) is 0 Å². The number of aromatic nitrogens is 1. The molecule has 152 valence electrons. The highest BCUT2D eigenvalue weighted by molar-refractivity contribution is 7.09. The van der Waals surface area contributed by atoms with Gasteiger partial charge in [0.05, 0.1) is 30.9 Å². The molecule has 3 rings (SSSR count). The highest BCUT2D eigenvalue weighted by Gasteiger charge is 2.22. The molecule has 0 amide bonds. The molecule has 0 aliphatic carbocycles. The lowest BCUT2D eigenvalue weighted by molar-refractivity contribution is 0.164. The number of piperidine rings is 1. The number of hydrogen-bond donors (Lipinski definition) is 2. The van der Waals surface area contributed by atoms with Gasteiger partial charge in [-0.1, -0.05) is 18.6 Å². The summed E-state index contributed by atoms with van der Waals surface area (Å²) in [6.07, 6.45) is 3.87. The van der Waals surface area contributed by atoms with E-state index in [1.807, 2.05) is 31.6 Å². The van der Waals surface area contributed by atoms with E-state index in [-0.39, 0.29) is 0 Å². The van der Waals surface area contributed by atoms with Gasteiger partial charge in [0.25, 0.3) is 0 Å². The van der Waals surface area contributed by atoms with Crippen LogP contribution < -0.4 is 15.4 Å². The molecule has 1 aromatic heterocycles. The fourth-order valence-electron chi connectivity index (χ4n) is 3.59. The highest BCUT2D eigenvalue weighted by Crippen LogP contribution is 2.25. The summed E-state index contributed by atoms with van der Waals surface area (Å²) in [7, 11) is 3.53. The molecule has 6 nitrogen and oxygen atoms in total. The van der Waals surface area contributed by atoms with Gasteiger partial charge in [0, 0.05) is 18.5 Å². The molecule has 1 saturated heterocycles. The molecule has 2 N–H and O–H groups in total. The predicted molar refractivity (Wildman–Crippen MR) is 116 cm³/mol. The summed E-state index contributed by atoms with van der Waals surface area (Å²) in [5.41, 5.74) is 4.28. The smallest absolute Gasteiger partial charge is 0.191 e. The van der Waals surface area contributed by atoms with Crippen LogP contribution in [0.25, 0.3) is 0 Å². The van der Waals surface area contributed by atoms with E-state index in [9.17, 15) is 0 Å². The van der Waals surface area contributed by atoms with E-state index in [0.29, 0.717) is 6.04 Å². The summed E-state index contributed by atoms with van der Waals surface area (Å²) in [4.78, 5) is 12.5. The van der Waals surface area contributed by atoms with Crippen molar-refractivity contribution in [1.82, 2.24) is 20.5 Å². The molecular weight excluding hydrogens is 370 g/mol. The SMILES string of the molecule is CN=C(NCc1scnc1C)NCC(c1ccc(OC)cc1)N1CCCCC1. The predicted octanol–water partition coefficient (Wildman–Crippen LogP) is 3.35. The van der Waals surface area contributed by atoms with Gasteiger partial charge in [0.15, 0.2) is 5.96 Å². The Hall–Kier alpha value is -2.12. The number of hydrogen-bond acceptors (Lipinski definition) is 5. The Balaban J connectivity index is 1.64. The van der Waals surface area contributed by atoms with Gasteiger partial charge in [0.1, 0.15) is 5.75 Å². The number of benzene rings is 1. The molecule has 1 atom stereocenters. The molecule has 7 heteroatoms. The van der Waals surface area contributed by atoms with E-state index in [1.54, 1.807) is 18.4 Å². The number of ether oxygens (including phenoxy) is 1. The van der Waals surface area contributed by atoms with E-state index in [1.165, 1.54) is 29.7 Å². The molecule has 28 heavy (non-hydrogen) atoms. The Morgan fingerprint density at radius 2 is 1.96 bits per heavy atom. The van der Waals surface area contributed by atoms with Crippen molar-refractivity contribution < 1.29 is 4.74 Å². The summed E-state index contributed by atoms with van der Waals surface area (Å²) in [5, 5.41) is 6.94. The fourth-order valence-corrected chi connectivity index (χ4v) is 4.30. The molecule has 1 fully saturated rings. The second-order valence-corrected chi connectivity index (χ2v) is 7.99. The second kappa shape index (κ2) is 10.4. The molecule has 2 aromatic rings. The number of guanidine groups is 1. The van der Waals surface area contributed by atoms with Crippen LogP contribution in [0.2, 0.25) is 0 Å². The van der Waals surface area contributed by atoms with Crippen molar-refractivity contribution in [3.63, 3.8) is 0 Å². The van der Waals surface area contributed by atoms with Gasteiger partial charge in [-0.3, -0.25) is 9.89 Å². The lowest BCUT2D eigenvalue weighted by atomic mass is 10.0. The van der Waals surface area contributed by atoms with Crippen molar-refractivity contribution in [2.45, 2.75) is 38.8 Å². The van der Waals surface area contributed by atoms with E-state index in [2.05, 4.69) is 37.6 Å². The van der Waals surface area contributed by atoms with Gasteiger partial charge in [0.2, 0.25) is 0 Å². The Morgan fingerprint density at radius 1 is 1.21 bits per heavy atom. The first-order valence-electron chi connectivity index (χ1n) is 9.92. The van der Waals surface area contributed by atoms with Crippen LogP contribution in [0.5, 0.6) is 5.75 Å². The van der Waals surface area contributed by atoms with Crippen LogP contribution in [-0.2, 0) is 6.54 Å². The van der Waals surface area contributed by atoms with Gasteiger partial charge < -0.3 is 15.4 Å². The molecule has 1 aliphatic heterocycles. The normalized spacial score (nSPS) is 16.6. The molecule has 1 aliphatic rings. The molecule has 1 unspecified atom stereocenters. The minimum Gasteiger partial charge on any atom is -0.497 e. The van der Waals surface area contributed by atoms with E-state index in [0.717, 1.165) is 43.6 Å². The molecule has 2 heterocycles. The maximum absolute atomic E-state index is 5.32. The molecular formula is C21H31N5OS. The Bertz CT molecular complexity index is 752. The van der Waals surface area contributed by atoms with Crippen molar-refractivity contribution in [3.05, 3.63) is 45.9 Å². The van der Waals surface area contributed by atoms with Crippen molar-refractivity contribution in [2.75, 3.05) is 33.8 Å². The van der Waals surface area contributed by atoms with Crippen LogP contribution in [0.15, 0.2) is 34.8 Å². The Kier molecular flexibility index (Phi) is 7.68. The summed E-state index contributed by atoms with van der Waals surface area (Å²) in [6.45, 7) is 5.88. The monoisotopic (exact) mass is 401 g/mol. The van der Waals surface area contributed by atoms with E-state index in [4.69, 9.17) is 4.74 Å². The quantitative estimate of drug-likeness (QED) is 0.550. The van der Waals surface area contributed by atoms with Gasteiger partial charge in [-0.05, 0) is 50.6 Å². The third kappa shape index (κ3) is 5.45. The lowest BCUT2D eigenvalue weighted by Crippen LogP contribution is -2.44. The topological polar surface area (TPSA) is 61.8 Å². The van der Waals surface area contributed by atoms with E-state index < -0.39 is 0 Å². The van der Waals surface area contributed by atoms with Gasteiger partial charge in [-0.2, -0.15) is 0 Å². The molecule has 0 spiro atoms. The third-order valence-corrected chi connectivity index (χ3v) is 6.21. The number of aryl methyl sites for hydroxylation is 1. The zero-order valence-electron chi connectivity index (χ0n) is 17.1.